The fraction of sp³-hybridized carbons (Fsp3) is 0.455. The lowest BCUT2D eigenvalue weighted by Gasteiger charge is -2.08. The average molecular weight is 215 g/mol. The summed E-state index contributed by atoms with van der Waals surface area (Å²) in [4.78, 5) is 0. The Balaban J connectivity index is 0.000000791. The zero-order valence-corrected chi connectivity index (χ0v) is 10.1. The molecule has 0 spiro atoms. The first-order valence-electron chi connectivity index (χ1n) is 4.94. The minimum Gasteiger partial charge on any atom is -0.397 e. The predicted octanol–water partition coefficient (Wildman–Crippen LogP) is 3.69. The molecule has 2 nitrogen and oxygen atoms in total. The highest BCUT2D eigenvalue weighted by Crippen LogP contribution is 2.26. The van der Waals surface area contributed by atoms with Crippen molar-refractivity contribution in [2.45, 2.75) is 27.7 Å². The highest BCUT2D eigenvalue weighted by molar-refractivity contribution is 6.31. The van der Waals surface area contributed by atoms with Crippen molar-refractivity contribution in [1.29, 1.82) is 0 Å². The first kappa shape index (κ1) is 13.1. The summed E-state index contributed by atoms with van der Waals surface area (Å²) in [6.45, 7) is 8.81. The molecule has 0 bridgehead atoms. The fourth-order valence-corrected chi connectivity index (χ4v) is 1.21. The van der Waals surface area contributed by atoms with E-state index < -0.39 is 0 Å². The molecule has 3 N–H and O–H groups in total. The number of nitrogens with two attached hydrogens (primary N) is 1. The molecule has 0 saturated heterocycles. The van der Waals surface area contributed by atoms with Gasteiger partial charge in [-0.1, -0.05) is 25.4 Å². The monoisotopic (exact) mass is 214 g/mol. The summed E-state index contributed by atoms with van der Waals surface area (Å²) < 4.78 is 0. The van der Waals surface area contributed by atoms with Crippen molar-refractivity contribution >= 4 is 23.0 Å². The summed E-state index contributed by atoms with van der Waals surface area (Å²) in [6.07, 6.45) is 0. The lowest BCUT2D eigenvalue weighted by Crippen LogP contribution is -2.01. The molecule has 1 rings (SSSR count). The lowest BCUT2D eigenvalue weighted by atomic mass is 10.2. The lowest BCUT2D eigenvalue weighted by molar-refractivity contribution is 1.21. The number of nitrogen functional groups attached to an aromatic ring is 1. The van der Waals surface area contributed by atoms with Crippen LogP contribution in [0.25, 0.3) is 0 Å². The van der Waals surface area contributed by atoms with Gasteiger partial charge >= 0.3 is 0 Å². The average Bonchev–Trinajstić information content (AvgIpc) is 2.18. The van der Waals surface area contributed by atoms with Crippen LogP contribution in [0.3, 0.4) is 0 Å². The van der Waals surface area contributed by atoms with Gasteiger partial charge in [0.2, 0.25) is 0 Å². The third kappa shape index (κ3) is 3.46. The molecule has 80 valence electrons. The van der Waals surface area contributed by atoms with Crippen LogP contribution in [0.2, 0.25) is 5.02 Å². The molecule has 0 aliphatic heterocycles. The van der Waals surface area contributed by atoms with Crippen molar-refractivity contribution in [3.63, 3.8) is 0 Å². The van der Waals surface area contributed by atoms with Gasteiger partial charge in [0, 0.05) is 11.6 Å². The Bertz CT molecular complexity index is 285. The maximum absolute atomic E-state index is 5.93. The van der Waals surface area contributed by atoms with E-state index >= 15 is 0 Å². The Hall–Kier alpha value is -0.890. The van der Waals surface area contributed by atoms with Gasteiger partial charge in [0.05, 0.1) is 11.4 Å². The maximum atomic E-state index is 5.93. The standard InChI is InChI=1S/C9H13ClN2.C2H6/c1-3-12-9-5-7(10)6(2)4-8(9)11;1-2/h4-5,12H,3,11H2,1-2H3;1-2H3. The van der Waals surface area contributed by atoms with Crippen LogP contribution in [0.1, 0.15) is 26.3 Å². The van der Waals surface area contributed by atoms with Gasteiger partial charge in [-0.25, -0.2) is 0 Å². The molecule has 1 aromatic carbocycles. The van der Waals surface area contributed by atoms with E-state index in [1.165, 1.54) is 0 Å². The van der Waals surface area contributed by atoms with Crippen molar-refractivity contribution in [2.24, 2.45) is 0 Å². The molecular weight excluding hydrogens is 196 g/mol. The zero-order chi connectivity index (χ0) is 11.1. The predicted molar refractivity (Wildman–Crippen MR) is 66.1 cm³/mol. The Morgan fingerprint density at radius 3 is 2.43 bits per heavy atom. The van der Waals surface area contributed by atoms with Crippen LogP contribution in [-0.2, 0) is 0 Å². The first-order valence-corrected chi connectivity index (χ1v) is 5.32. The summed E-state index contributed by atoms with van der Waals surface area (Å²) in [5.41, 5.74) is 8.42. The van der Waals surface area contributed by atoms with E-state index in [-0.39, 0.29) is 0 Å². The third-order valence-electron chi connectivity index (χ3n) is 1.70. The molecule has 0 aromatic heterocycles. The van der Waals surface area contributed by atoms with Gasteiger partial charge in [0.25, 0.3) is 0 Å². The second kappa shape index (κ2) is 6.55. The Labute approximate surface area is 91.5 Å². The van der Waals surface area contributed by atoms with Crippen LogP contribution in [0.5, 0.6) is 0 Å². The van der Waals surface area contributed by atoms with Crippen LogP contribution < -0.4 is 11.1 Å². The third-order valence-corrected chi connectivity index (χ3v) is 2.11. The van der Waals surface area contributed by atoms with Crippen molar-refractivity contribution in [3.8, 4) is 0 Å². The fourth-order valence-electron chi connectivity index (χ4n) is 1.05. The molecule has 0 radical (unpaired) electrons. The topological polar surface area (TPSA) is 38.0 Å². The largest absolute Gasteiger partial charge is 0.397 e. The summed E-state index contributed by atoms with van der Waals surface area (Å²) in [5.74, 6) is 0. The molecule has 0 amide bonds. The second-order valence-electron chi connectivity index (χ2n) is 2.72. The van der Waals surface area contributed by atoms with Crippen LogP contribution in [0, 0.1) is 6.92 Å². The number of nitrogens with one attached hydrogen (secondary N) is 1. The molecule has 0 fully saturated rings. The zero-order valence-electron chi connectivity index (χ0n) is 9.32. The summed E-state index contributed by atoms with van der Waals surface area (Å²) in [6, 6.07) is 3.73. The molecule has 1 aromatic rings. The quantitative estimate of drug-likeness (QED) is 0.737. The minimum atomic E-state index is 0.749. The van der Waals surface area contributed by atoms with Gasteiger partial charge in [-0.05, 0) is 31.5 Å². The van der Waals surface area contributed by atoms with Gasteiger partial charge in [-0.2, -0.15) is 0 Å². The van der Waals surface area contributed by atoms with E-state index in [2.05, 4.69) is 5.32 Å². The molecule has 0 aliphatic rings. The summed E-state index contributed by atoms with van der Waals surface area (Å²) in [5, 5.41) is 3.88. The van der Waals surface area contributed by atoms with Crippen LogP contribution in [-0.4, -0.2) is 6.54 Å². The van der Waals surface area contributed by atoms with Crippen molar-refractivity contribution in [2.75, 3.05) is 17.6 Å². The van der Waals surface area contributed by atoms with Gasteiger partial charge < -0.3 is 11.1 Å². The van der Waals surface area contributed by atoms with Crippen LogP contribution >= 0.6 is 11.6 Å². The molecule has 0 saturated carbocycles. The minimum absolute atomic E-state index is 0.749. The number of benzene rings is 1. The Morgan fingerprint density at radius 1 is 1.36 bits per heavy atom. The summed E-state index contributed by atoms with van der Waals surface area (Å²) >= 11 is 5.93. The van der Waals surface area contributed by atoms with Crippen molar-refractivity contribution in [1.82, 2.24) is 0 Å². The van der Waals surface area contributed by atoms with E-state index in [1.807, 2.05) is 39.8 Å². The van der Waals surface area contributed by atoms with Gasteiger partial charge in [0.15, 0.2) is 0 Å². The van der Waals surface area contributed by atoms with Crippen LogP contribution in [0.15, 0.2) is 12.1 Å². The second-order valence-corrected chi connectivity index (χ2v) is 3.13. The van der Waals surface area contributed by atoms with E-state index in [0.717, 1.165) is 28.5 Å². The summed E-state index contributed by atoms with van der Waals surface area (Å²) in [7, 11) is 0. The number of rotatable bonds is 2. The molecule has 0 heterocycles. The van der Waals surface area contributed by atoms with Crippen molar-refractivity contribution < 1.29 is 0 Å². The number of hydrogen-bond donors (Lipinski definition) is 2. The number of anilines is 2. The Morgan fingerprint density at radius 2 is 1.93 bits per heavy atom. The smallest absolute Gasteiger partial charge is 0.0588 e. The molecule has 14 heavy (non-hydrogen) atoms. The molecule has 0 atom stereocenters. The van der Waals surface area contributed by atoms with Crippen molar-refractivity contribution in [3.05, 3.63) is 22.7 Å². The molecule has 3 heteroatoms. The van der Waals surface area contributed by atoms with Gasteiger partial charge in [-0.3, -0.25) is 0 Å². The maximum Gasteiger partial charge on any atom is 0.0588 e. The molecule has 0 unspecified atom stereocenters. The number of aryl methyl sites for hydroxylation is 1. The Kier molecular flexibility index (Phi) is 6.13. The highest BCUT2D eigenvalue weighted by Gasteiger charge is 2.01. The van der Waals surface area contributed by atoms with E-state index in [0.29, 0.717) is 0 Å². The highest BCUT2D eigenvalue weighted by atomic mass is 35.5. The number of halogens is 1. The first-order chi connectivity index (χ1) is 6.65. The number of hydrogen-bond acceptors (Lipinski definition) is 2. The van der Waals surface area contributed by atoms with E-state index in [9.17, 15) is 0 Å². The normalized spacial score (nSPS) is 8.93. The van der Waals surface area contributed by atoms with Crippen LogP contribution in [0.4, 0.5) is 11.4 Å². The van der Waals surface area contributed by atoms with Gasteiger partial charge in [0.1, 0.15) is 0 Å². The molecule has 0 aliphatic carbocycles. The van der Waals surface area contributed by atoms with Gasteiger partial charge in [-0.15, -0.1) is 0 Å². The SMILES string of the molecule is CC.CCNc1cc(Cl)c(C)cc1N. The van der Waals surface area contributed by atoms with E-state index in [4.69, 9.17) is 17.3 Å². The van der Waals surface area contributed by atoms with E-state index in [1.54, 1.807) is 0 Å². The molecular formula is C11H19ClN2.